The maximum absolute atomic E-state index is 12.2. The molecule has 1 saturated carbocycles. The second kappa shape index (κ2) is 5.32. The molecule has 0 saturated heterocycles. The number of ketones is 1. The zero-order valence-corrected chi connectivity index (χ0v) is 12.7. The highest BCUT2D eigenvalue weighted by molar-refractivity contribution is 5.81. The molecule has 0 bridgehead atoms. The Balaban J connectivity index is 2.46. The molecule has 0 aromatic rings. The van der Waals surface area contributed by atoms with Crippen LogP contribution in [0.1, 0.15) is 47.0 Å². The Bertz CT molecular complexity index is 453. The summed E-state index contributed by atoms with van der Waals surface area (Å²) < 4.78 is 5.38. The average Bonchev–Trinajstić information content (AvgIpc) is 2.32. The normalized spacial score (nSPS) is 40.5. The van der Waals surface area contributed by atoms with E-state index in [1.807, 2.05) is 13.0 Å². The molecule has 1 N–H and O–H groups in total. The molecule has 0 aromatic heterocycles. The number of aliphatic hydroxyl groups is 1. The Hall–Kier alpha value is -1.16. The summed E-state index contributed by atoms with van der Waals surface area (Å²) in [7, 11) is 0. The molecule has 2 rings (SSSR count). The van der Waals surface area contributed by atoms with Crippen molar-refractivity contribution in [3.63, 3.8) is 0 Å². The van der Waals surface area contributed by atoms with E-state index in [-0.39, 0.29) is 23.6 Å². The first-order valence-corrected chi connectivity index (χ1v) is 7.34. The predicted molar refractivity (Wildman–Crippen MR) is 74.9 cm³/mol. The standard InChI is InChI=1S/C16H24O4/c1-9-5-7-13(19)12-6-8-14(20-11(3)18)15(10(2)17)16(9,12)4/h6,9,13-15,19H,5,7-8H2,1-4H3. The van der Waals surface area contributed by atoms with Crippen LogP contribution < -0.4 is 0 Å². The summed E-state index contributed by atoms with van der Waals surface area (Å²) in [5.74, 6) is -0.406. The molecule has 5 unspecified atom stereocenters. The van der Waals surface area contributed by atoms with Crippen molar-refractivity contribution in [3.8, 4) is 0 Å². The van der Waals surface area contributed by atoms with Gasteiger partial charge in [-0.3, -0.25) is 9.59 Å². The molecule has 0 aromatic carbocycles. The topological polar surface area (TPSA) is 63.6 Å². The second-order valence-corrected chi connectivity index (χ2v) is 6.41. The SMILES string of the molecule is CC(=O)OC1CC=C2C(O)CCC(C)C2(C)C1C(C)=O. The van der Waals surface area contributed by atoms with E-state index in [0.29, 0.717) is 6.42 Å². The molecular formula is C16H24O4. The van der Waals surface area contributed by atoms with Crippen molar-refractivity contribution in [1.29, 1.82) is 0 Å². The van der Waals surface area contributed by atoms with Crippen molar-refractivity contribution in [2.24, 2.45) is 17.3 Å². The van der Waals surface area contributed by atoms with Crippen molar-refractivity contribution < 1.29 is 19.4 Å². The highest BCUT2D eigenvalue weighted by atomic mass is 16.5. The monoisotopic (exact) mass is 280 g/mol. The summed E-state index contributed by atoms with van der Waals surface area (Å²) in [5, 5.41) is 10.3. The third-order valence-corrected chi connectivity index (χ3v) is 5.22. The quantitative estimate of drug-likeness (QED) is 0.622. The molecule has 2 aliphatic carbocycles. The molecule has 1 fully saturated rings. The van der Waals surface area contributed by atoms with Gasteiger partial charge in [0.25, 0.3) is 0 Å². The number of fused-ring (bicyclic) bond motifs is 1. The fourth-order valence-corrected chi connectivity index (χ4v) is 4.13. The molecule has 5 atom stereocenters. The summed E-state index contributed by atoms with van der Waals surface area (Å²) >= 11 is 0. The first-order chi connectivity index (χ1) is 9.28. The maximum atomic E-state index is 12.2. The van der Waals surface area contributed by atoms with Crippen LogP contribution in [0.25, 0.3) is 0 Å². The van der Waals surface area contributed by atoms with Crippen LogP contribution in [-0.4, -0.2) is 29.1 Å². The van der Waals surface area contributed by atoms with E-state index in [9.17, 15) is 14.7 Å². The van der Waals surface area contributed by atoms with Crippen LogP contribution in [0.3, 0.4) is 0 Å². The van der Waals surface area contributed by atoms with Gasteiger partial charge in [-0.25, -0.2) is 0 Å². The molecule has 2 aliphatic rings. The van der Waals surface area contributed by atoms with Crippen LogP contribution in [0.4, 0.5) is 0 Å². The lowest BCUT2D eigenvalue weighted by Gasteiger charge is -2.52. The number of rotatable bonds is 2. The molecule has 20 heavy (non-hydrogen) atoms. The third kappa shape index (κ3) is 2.30. The molecule has 112 valence electrons. The largest absolute Gasteiger partial charge is 0.461 e. The van der Waals surface area contributed by atoms with Gasteiger partial charge in [0, 0.05) is 18.8 Å². The number of hydrogen-bond donors (Lipinski definition) is 1. The number of carbonyl (C=O) groups excluding carboxylic acids is 2. The number of carbonyl (C=O) groups is 2. The average molecular weight is 280 g/mol. The molecule has 0 aliphatic heterocycles. The van der Waals surface area contributed by atoms with Gasteiger partial charge in [-0.05, 0) is 31.3 Å². The van der Waals surface area contributed by atoms with E-state index in [1.165, 1.54) is 6.92 Å². The second-order valence-electron chi connectivity index (χ2n) is 6.41. The van der Waals surface area contributed by atoms with Gasteiger partial charge in [0.1, 0.15) is 11.9 Å². The number of aliphatic hydroxyl groups excluding tert-OH is 1. The number of ether oxygens (including phenoxy) is 1. The Morgan fingerprint density at radius 3 is 2.55 bits per heavy atom. The van der Waals surface area contributed by atoms with Crippen LogP contribution >= 0.6 is 0 Å². The summed E-state index contributed by atoms with van der Waals surface area (Å²) in [6, 6.07) is 0. The molecule has 0 amide bonds. The molecular weight excluding hydrogens is 256 g/mol. The van der Waals surface area contributed by atoms with Crippen LogP contribution in [0.5, 0.6) is 0 Å². The van der Waals surface area contributed by atoms with E-state index in [2.05, 4.69) is 6.92 Å². The van der Waals surface area contributed by atoms with Gasteiger partial charge in [0.15, 0.2) is 0 Å². The lowest BCUT2D eigenvalue weighted by molar-refractivity contribution is -0.157. The Kier molecular flexibility index (Phi) is 4.05. The zero-order valence-electron chi connectivity index (χ0n) is 12.7. The highest BCUT2D eigenvalue weighted by Crippen LogP contribution is 2.54. The van der Waals surface area contributed by atoms with Crippen LogP contribution in [0.15, 0.2) is 11.6 Å². The number of hydrogen-bond acceptors (Lipinski definition) is 4. The van der Waals surface area contributed by atoms with Crippen molar-refractivity contribution in [3.05, 3.63) is 11.6 Å². The lowest BCUT2D eigenvalue weighted by Crippen LogP contribution is -2.53. The first-order valence-electron chi connectivity index (χ1n) is 7.34. The van der Waals surface area contributed by atoms with Crippen molar-refractivity contribution in [1.82, 2.24) is 0 Å². The minimum atomic E-state index is -0.476. The van der Waals surface area contributed by atoms with Gasteiger partial charge in [0.2, 0.25) is 0 Å². The van der Waals surface area contributed by atoms with Gasteiger partial charge in [-0.15, -0.1) is 0 Å². The summed E-state index contributed by atoms with van der Waals surface area (Å²) in [5.41, 5.74) is 0.543. The number of esters is 1. The Morgan fingerprint density at radius 1 is 1.35 bits per heavy atom. The molecule has 0 radical (unpaired) electrons. The molecule has 4 heteroatoms. The Labute approximate surface area is 120 Å². The highest BCUT2D eigenvalue weighted by Gasteiger charge is 2.54. The van der Waals surface area contributed by atoms with Crippen LogP contribution in [0, 0.1) is 17.3 Å². The molecule has 0 heterocycles. The fourth-order valence-electron chi connectivity index (χ4n) is 4.13. The summed E-state index contributed by atoms with van der Waals surface area (Å²) in [6.45, 7) is 7.08. The summed E-state index contributed by atoms with van der Waals surface area (Å²) in [4.78, 5) is 23.5. The minimum Gasteiger partial charge on any atom is -0.461 e. The van der Waals surface area contributed by atoms with Gasteiger partial charge in [-0.1, -0.05) is 19.9 Å². The smallest absolute Gasteiger partial charge is 0.302 e. The van der Waals surface area contributed by atoms with Gasteiger partial charge in [0.05, 0.1) is 12.0 Å². The van der Waals surface area contributed by atoms with E-state index in [1.54, 1.807) is 6.92 Å². The van der Waals surface area contributed by atoms with Crippen molar-refractivity contribution >= 4 is 11.8 Å². The number of Topliss-reactive ketones (excluding diaryl/α,β-unsaturated/α-hetero) is 1. The molecule has 4 nitrogen and oxygen atoms in total. The van der Waals surface area contributed by atoms with Crippen molar-refractivity contribution in [2.45, 2.75) is 59.2 Å². The Morgan fingerprint density at radius 2 is 2.00 bits per heavy atom. The minimum absolute atomic E-state index is 0.0327. The van der Waals surface area contributed by atoms with Gasteiger partial charge < -0.3 is 9.84 Å². The van der Waals surface area contributed by atoms with Crippen LogP contribution in [-0.2, 0) is 14.3 Å². The van der Waals surface area contributed by atoms with E-state index < -0.39 is 17.6 Å². The van der Waals surface area contributed by atoms with E-state index in [0.717, 1.165) is 18.4 Å². The van der Waals surface area contributed by atoms with Gasteiger partial charge in [-0.2, -0.15) is 0 Å². The zero-order chi connectivity index (χ0) is 15.1. The summed E-state index contributed by atoms with van der Waals surface area (Å²) in [6.07, 6.45) is 3.23. The maximum Gasteiger partial charge on any atom is 0.302 e. The molecule has 0 spiro atoms. The fraction of sp³-hybridized carbons (Fsp3) is 0.750. The van der Waals surface area contributed by atoms with Crippen molar-refractivity contribution in [2.75, 3.05) is 0 Å². The predicted octanol–water partition coefficient (Wildman–Crippen LogP) is 2.25. The van der Waals surface area contributed by atoms with Gasteiger partial charge >= 0.3 is 5.97 Å². The lowest BCUT2D eigenvalue weighted by atomic mass is 9.53. The first kappa shape index (κ1) is 15.2. The third-order valence-electron chi connectivity index (χ3n) is 5.22. The van der Waals surface area contributed by atoms with E-state index >= 15 is 0 Å². The van der Waals surface area contributed by atoms with E-state index in [4.69, 9.17) is 4.74 Å². The van der Waals surface area contributed by atoms with Crippen LogP contribution in [0.2, 0.25) is 0 Å².